The molecule has 1 aromatic carbocycles. The van der Waals surface area contributed by atoms with Crippen LogP contribution in [-0.4, -0.2) is 44.1 Å². The van der Waals surface area contributed by atoms with Gasteiger partial charge in [-0.15, -0.1) is 11.6 Å². The molecule has 0 aromatic heterocycles. The molecule has 1 aliphatic heterocycles. The predicted molar refractivity (Wildman–Crippen MR) is 87.6 cm³/mol. The number of alkyl halides is 1. The maximum atomic E-state index is 6.02. The number of benzene rings is 1. The van der Waals surface area contributed by atoms with Crippen molar-refractivity contribution in [2.75, 3.05) is 39.2 Å². The SMILES string of the molecule is COc1ccc(OCCCN2CCCCC(CCl)C2)cc1. The summed E-state index contributed by atoms with van der Waals surface area (Å²) in [6, 6.07) is 7.76. The highest BCUT2D eigenvalue weighted by atomic mass is 35.5. The topological polar surface area (TPSA) is 21.7 Å². The zero-order chi connectivity index (χ0) is 14.9. The van der Waals surface area contributed by atoms with Crippen LogP contribution in [0.1, 0.15) is 25.7 Å². The van der Waals surface area contributed by atoms with Crippen LogP contribution >= 0.6 is 11.6 Å². The van der Waals surface area contributed by atoms with Gasteiger partial charge in [0, 0.05) is 19.0 Å². The molecule has 4 heteroatoms. The van der Waals surface area contributed by atoms with Crippen molar-refractivity contribution in [2.45, 2.75) is 25.7 Å². The van der Waals surface area contributed by atoms with E-state index in [9.17, 15) is 0 Å². The van der Waals surface area contributed by atoms with Gasteiger partial charge < -0.3 is 14.4 Å². The molecular weight excluding hydrogens is 286 g/mol. The van der Waals surface area contributed by atoms with Gasteiger partial charge in [0.05, 0.1) is 13.7 Å². The molecule has 0 bridgehead atoms. The highest BCUT2D eigenvalue weighted by molar-refractivity contribution is 6.18. The molecular formula is C17H26ClNO2. The minimum atomic E-state index is 0.664. The molecule has 1 heterocycles. The number of halogens is 1. The lowest BCUT2D eigenvalue weighted by Crippen LogP contribution is -2.30. The minimum absolute atomic E-state index is 0.664. The van der Waals surface area contributed by atoms with Crippen LogP contribution in [-0.2, 0) is 0 Å². The van der Waals surface area contributed by atoms with E-state index in [1.807, 2.05) is 24.3 Å². The second kappa shape index (κ2) is 9.16. The van der Waals surface area contributed by atoms with Crippen molar-refractivity contribution in [3.8, 4) is 11.5 Å². The fourth-order valence-corrected chi connectivity index (χ4v) is 3.05. The van der Waals surface area contributed by atoms with Crippen LogP contribution in [0.4, 0.5) is 0 Å². The average molecular weight is 312 g/mol. The van der Waals surface area contributed by atoms with Gasteiger partial charge in [-0.1, -0.05) is 6.42 Å². The smallest absolute Gasteiger partial charge is 0.119 e. The molecule has 1 atom stereocenters. The third-order valence-electron chi connectivity index (χ3n) is 4.02. The minimum Gasteiger partial charge on any atom is -0.497 e. The molecule has 1 aliphatic rings. The Labute approximate surface area is 133 Å². The first-order chi connectivity index (χ1) is 10.3. The monoisotopic (exact) mass is 311 g/mol. The number of rotatable bonds is 7. The lowest BCUT2D eigenvalue weighted by atomic mass is 10.1. The normalized spacial score (nSPS) is 20.0. The van der Waals surface area contributed by atoms with E-state index in [1.54, 1.807) is 7.11 Å². The van der Waals surface area contributed by atoms with Crippen LogP contribution in [0.2, 0.25) is 0 Å². The van der Waals surface area contributed by atoms with Crippen molar-refractivity contribution < 1.29 is 9.47 Å². The summed E-state index contributed by atoms with van der Waals surface area (Å²) in [5, 5.41) is 0. The van der Waals surface area contributed by atoms with Crippen LogP contribution in [0.5, 0.6) is 11.5 Å². The van der Waals surface area contributed by atoms with Gasteiger partial charge in [-0.3, -0.25) is 0 Å². The average Bonchev–Trinajstić information content (AvgIpc) is 2.77. The first-order valence-corrected chi connectivity index (χ1v) is 8.40. The number of likely N-dealkylation sites (tertiary alicyclic amines) is 1. The summed E-state index contributed by atoms with van der Waals surface area (Å²) < 4.78 is 10.9. The molecule has 1 fully saturated rings. The summed E-state index contributed by atoms with van der Waals surface area (Å²) in [5.74, 6) is 3.22. The van der Waals surface area contributed by atoms with Gasteiger partial charge in [-0.2, -0.15) is 0 Å². The third-order valence-corrected chi connectivity index (χ3v) is 4.45. The van der Waals surface area contributed by atoms with Crippen LogP contribution in [0, 0.1) is 5.92 Å². The molecule has 0 radical (unpaired) electrons. The summed E-state index contributed by atoms with van der Waals surface area (Å²) in [6.45, 7) is 4.21. The van der Waals surface area contributed by atoms with Crippen LogP contribution in [0.25, 0.3) is 0 Å². The molecule has 0 N–H and O–H groups in total. The van der Waals surface area contributed by atoms with E-state index in [0.29, 0.717) is 5.92 Å². The molecule has 3 nitrogen and oxygen atoms in total. The van der Waals surface area contributed by atoms with Crippen molar-refractivity contribution in [1.29, 1.82) is 0 Å². The molecule has 118 valence electrons. The van der Waals surface area contributed by atoms with Crippen molar-refractivity contribution in [1.82, 2.24) is 4.90 Å². The van der Waals surface area contributed by atoms with Crippen LogP contribution in [0.15, 0.2) is 24.3 Å². The predicted octanol–water partition coefficient (Wildman–Crippen LogP) is 3.81. The van der Waals surface area contributed by atoms with Crippen LogP contribution in [0.3, 0.4) is 0 Å². The molecule has 1 unspecified atom stereocenters. The van der Waals surface area contributed by atoms with E-state index in [2.05, 4.69) is 4.90 Å². The van der Waals surface area contributed by atoms with Crippen molar-refractivity contribution >= 4 is 11.6 Å². The van der Waals surface area contributed by atoms with E-state index in [0.717, 1.165) is 43.5 Å². The lowest BCUT2D eigenvalue weighted by molar-refractivity contribution is 0.224. The Morgan fingerprint density at radius 2 is 1.95 bits per heavy atom. The first-order valence-electron chi connectivity index (χ1n) is 7.87. The summed E-state index contributed by atoms with van der Waals surface area (Å²) in [4.78, 5) is 2.54. The zero-order valence-corrected chi connectivity index (χ0v) is 13.6. The molecule has 1 saturated heterocycles. The third kappa shape index (κ3) is 5.76. The highest BCUT2D eigenvalue weighted by Gasteiger charge is 2.16. The van der Waals surface area contributed by atoms with E-state index in [1.165, 1.54) is 25.8 Å². The second-order valence-corrected chi connectivity index (χ2v) is 6.00. The number of hydrogen-bond donors (Lipinski definition) is 0. The summed E-state index contributed by atoms with van der Waals surface area (Å²) in [7, 11) is 1.67. The number of nitrogens with zero attached hydrogens (tertiary/aromatic N) is 1. The van der Waals surface area contributed by atoms with E-state index >= 15 is 0 Å². The van der Waals surface area contributed by atoms with Gasteiger partial charge in [0.15, 0.2) is 0 Å². The van der Waals surface area contributed by atoms with E-state index < -0.39 is 0 Å². The van der Waals surface area contributed by atoms with Crippen molar-refractivity contribution in [3.05, 3.63) is 24.3 Å². The number of methoxy groups -OCH3 is 1. The molecule has 0 saturated carbocycles. The lowest BCUT2D eigenvalue weighted by Gasteiger charge is -2.23. The molecule has 21 heavy (non-hydrogen) atoms. The summed E-state index contributed by atoms with van der Waals surface area (Å²) in [5.41, 5.74) is 0. The largest absolute Gasteiger partial charge is 0.497 e. The highest BCUT2D eigenvalue weighted by Crippen LogP contribution is 2.19. The van der Waals surface area contributed by atoms with Gasteiger partial charge >= 0.3 is 0 Å². The molecule has 2 rings (SSSR count). The van der Waals surface area contributed by atoms with Gasteiger partial charge in [-0.25, -0.2) is 0 Å². The van der Waals surface area contributed by atoms with E-state index in [-0.39, 0.29) is 0 Å². The van der Waals surface area contributed by atoms with E-state index in [4.69, 9.17) is 21.1 Å². The Balaban J connectivity index is 1.66. The Bertz CT molecular complexity index is 396. The quantitative estimate of drug-likeness (QED) is 0.564. The number of hydrogen-bond acceptors (Lipinski definition) is 3. The van der Waals surface area contributed by atoms with Crippen LogP contribution < -0.4 is 9.47 Å². The Morgan fingerprint density at radius 1 is 1.19 bits per heavy atom. The molecule has 0 aliphatic carbocycles. The maximum Gasteiger partial charge on any atom is 0.119 e. The Morgan fingerprint density at radius 3 is 2.67 bits per heavy atom. The van der Waals surface area contributed by atoms with Gasteiger partial charge in [0.1, 0.15) is 11.5 Å². The zero-order valence-electron chi connectivity index (χ0n) is 12.9. The number of ether oxygens (including phenoxy) is 2. The fourth-order valence-electron chi connectivity index (χ4n) is 2.80. The first kappa shape index (κ1) is 16.4. The van der Waals surface area contributed by atoms with Gasteiger partial charge in [0.25, 0.3) is 0 Å². The standard InChI is InChI=1S/C17H26ClNO2/c1-20-16-6-8-17(9-7-16)21-12-4-11-19-10-3-2-5-15(13-18)14-19/h6-9,15H,2-5,10-14H2,1H3. The van der Waals surface area contributed by atoms with Gasteiger partial charge in [-0.05, 0) is 56.0 Å². The Kier molecular flexibility index (Phi) is 7.17. The maximum absolute atomic E-state index is 6.02. The van der Waals surface area contributed by atoms with Crippen molar-refractivity contribution in [2.24, 2.45) is 5.92 Å². The molecule has 0 amide bonds. The molecule has 0 spiro atoms. The summed E-state index contributed by atoms with van der Waals surface area (Å²) >= 11 is 6.02. The van der Waals surface area contributed by atoms with Crippen molar-refractivity contribution in [3.63, 3.8) is 0 Å². The summed E-state index contributed by atoms with van der Waals surface area (Å²) in [6.07, 6.45) is 4.95. The molecule has 1 aromatic rings. The second-order valence-electron chi connectivity index (χ2n) is 5.69. The Hall–Kier alpha value is -0.930. The van der Waals surface area contributed by atoms with Gasteiger partial charge in [0.2, 0.25) is 0 Å². The fraction of sp³-hybridized carbons (Fsp3) is 0.647.